The molecule has 0 atom stereocenters. The molecular formula is C31H29Cl2N3O4. The first-order chi connectivity index (χ1) is 19.3. The Hall–Kier alpha value is -4.07. The van der Waals surface area contributed by atoms with Crippen molar-refractivity contribution in [2.24, 2.45) is 0 Å². The summed E-state index contributed by atoms with van der Waals surface area (Å²) in [5.74, 6) is 0.394. The molecule has 1 amide bonds. The van der Waals surface area contributed by atoms with Crippen LogP contribution in [0.15, 0.2) is 72.9 Å². The Kier molecular flexibility index (Phi) is 10.00. The molecule has 0 spiro atoms. The number of rotatable bonds is 12. The normalized spacial score (nSPS) is 11.1. The molecule has 7 nitrogen and oxygen atoms in total. The molecular weight excluding hydrogens is 549 g/mol. The van der Waals surface area contributed by atoms with Gasteiger partial charge in [-0.15, -0.1) is 0 Å². The Labute approximate surface area is 243 Å². The van der Waals surface area contributed by atoms with Crippen molar-refractivity contribution in [2.75, 3.05) is 13.2 Å². The second kappa shape index (κ2) is 13.8. The number of carbonyl (C=O) groups is 2. The molecule has 1 heterocycles. The maximum Gasteiger partial charge on any atom is 0.303 e. The summed E-state index contributed by atoms with van der Waals surface area (Å²) in [4.78, 5) is 27.7. The molecule has 1 aromatic heterocycles. The van der Waals surface area contributed by atoms with Crippen LogP contribution in [-0.4, -0.2) is 39.7 Å². The monoisotopic (exact) mass is 577 g/mol. The number of nitrogens with zero attached hydrogens (tertiary/aromatic N) is 2. The van der Waals surface area contributed by atoms with Gasteiger partial charge in [-0.05, 0) is 66.4 Å². The van der Waals surface area contributed by atoms with Crippen LogP contribution in [0.3, 0.4) is 0 Å². The van der Waals surface area contributed by atoms with Crippen LogP contribution in [0.2, 0.25) is 10.0 Å². The highest BCUT2D eigenvalue weighted by Crippen LogP contribution is 2.30. The summed E-state index contributed by atoms with van der Waals surface area (Å²) in [5.41, 5.74) is 4.44. The van der Waals surface area contributed by atoms with E-state index in [4.69, 9.17) is 38.0 Å². The van der Waals surface area contributed by atoms with Crippen molar-refractivity contribution < 1.29 is 19.4 Å². The molecule has 4 aromatic rings. The van der Waals surface area contributed by atoms with E-state index in [0.717, 1.165) is 22.3 Å². The number of benzene rings is 3. The van der Waals surface area contributed by atoms with Crippen LogP contribution >= 0.6 is 23.2 Å². The summed E-state index contributed by atoms with van der Waals surface area (Å²) in [6.45, 7) is 2.91. The third-order valence-corrected chi connectivity index (χ3v) is 6.58. The lowest BCUT2D eigenvalue weighted by molar-refractivity contribution is -0.137. The molecule has 206 valence electrons. The average Bonchev–Trinajstić information content (AvgIpc) is 3.32. The Balaban J connectivity index is 1.48. The van der Waals surface area contributed by atoms with E-state index >= 15 is 0 Å². The van der Waals surface area contributed by atoms with Gasteiger partial charge < -0.3 is 19.7 Å². The molecule has 2 N–H and O–H groups in total. The molecule has 0 saturated carbocycles. The summed E-state index contributed by atoms with van der Waals surface area (Å²) >= 11 is 12.5. The lowest BCUT2D eigenvalue weighted by atomic mass is 10.0. The zero-order valence-electron chi connectivity index (χ0n) is 21.9. The number of amides is 1. The predicted octanol–water partition coefficient (Wildman–Crippen LogP) is 7.07. The smallest absolute Gasteiger partial charge is 0.303 e. The number of hydrogen-bond acceptors (Lipinski definition) is 4. The van der Waals surface area contributed by atoms with Crippen LogP contribution in [0.4, 0.5) is 0 Å². The fourth-order valence-corrected chi connectivity index (χ4v) is 4.54. The van der Waals surface area contributed by atoms with Gasteiger partial charge >= 0.3 is 5.97 Å². The van der Waals surface area contributed by atoms with Gasteiger partial charge in [0.25, 0.3) is 0 Å². The number of likely N-dealkylation sites (N-methyl/N-ethyl adjacent to an activating group) is 1. The van der Waals surface area contributed by atoms with Gasteiger partial charge in [-0.2, -0.15) is 0 Å². The van der Waals surface area contributed by atoms with Crippen molar-refractivity contribution >= 4 is 47.2 Å². The zero-order chi connectivity index (χ0) is 28.5. The number of carboxylic acid groups (broad SMARTS) is 1. The van der Waals surface area contributed by atoms with Crippen molar-refractivity contribution in [2.45, 2.75) is 26.3 Å². The van der Waals surface area contributed by atoms with Gasteiger partial charge in [-0.1, -0.05) is 65.7 Å². The molecule has 0 unspecified atom stereocenters. The summed E-state index contributed by atoms with van der Waals surface area (Å²) in [6.07, 6.45) is 6.19. The second-order valence-corrected chi connectivity index (χ2v) is 9.86. The van der Waals surface area contributed by atoms with Crippen molar-refractivity contribution in [1.82, 2.24) is 14.9 Å². The van der Waals surface area contributed by atoms with Gasteiger partial charge in [0.2, 0.25) is 5.91 Å². The van der Waals surface area contributed by atoms with Crippen LogP contribution in [0.25, 0.3) is 34.5 Å². The van der Waals surface area contributed by atoms with Crippen molar-refractivity contribution in [3.8, 4) is 28.1 Å². The first-order valence-corrected chi connectivity index (χ1v) is 13.6. The summed E-state index contributed by atoms with van der Waals surface area (Å²) < 4.78 is 7.40. The van der Waals surface area contributed by atoms with Gasteiger partial charge in [0, 0.05) is 29.7 Å². The SMILES string of the molecule is CCNC(=O)Cn1cc(-c2ccc(Cl)cc2Cl)nc1/C=C/c1ccc(-c2ccc(OCCCC(=O)O)cc2)cc1. The predicted molar refractivity (Wildman–Crippen MR) is 160 cm³/mol. The minimum absolute atomic E-state index is 0.0901. The fourth-order valence-electron chi connectivity index (χ4n) is 4.04. The highest BCUT2D eigenvalue weighted by Gasteiger charge is 2.13. The van der Waals surface area contributed by atoms with E-state index in [1.165, 1.54) is 0 Å². The standard InChI is InChI=1S/C31H29Cl2N3O4/c1-2-34-30(37)20-36-19-28(26-15-12-24(32)18-27(26)33)35-29(36)16-7-21-5-8-22(9-6-21)23-10-13-25(14-11-23)40-17-3-4-31(38)39/h5-16,18-19H,2-4,17,20H2,1H3,(H,34,37)(H,38,39)/b16-7+. The lowest BCUT2D eigenvalue weighted by Gasteiger charge is -2.07. The van der Waals surface area contributed by atoms with E-state index in [1.54, 1.807) is 16.7 Å². The maximum atomic E-state index is 12.3. The molecule has 4 rings (SSSR count). The summed E-state index contributed by atoms with van der Waals surface area (Å²) in [7, 11) is 0. The molecule has 9 heteroatoms. The van der Waals surface area contributed by atoms with Gasteiger partial charge in [0.15, 0.2) is 0 Å². The van der Waals surface area contributed by atoms with Gasteiger partial charge in [0.05, 0.1) is 17.3 Å². The number of hydrogen-bond donors (Lipinski definition) is 2. The topological polar surface area (TPSA) is 93.5 Å². The third-order valence-electron chi connectivity index (χ3n) is 6.03. The Bertz CT molecular complexity index is 1500. The summed E-state index contributed by atoms with van der Waals surface area (Å²) in [5, 5.41) is 12.6. The van der Waals surface area contributed by atoms with Crippen molar-refractivity contribution in [1.29, 1.82) is 0 Å². The molecule has 0 aliphatic heterocycles. The first-order valence-electron chi connectivity index (χ1n) is 12.8. The number of aliphatic carboxylic acids is 1. The molecule has 40 heavy (non-hydrogen) atoms. The number of carboxylic acids is 1. The van der Waals surface area contributed by atoms with Crippen LogP contribution in [0, 0.1) is 0 Å². The maximum absolute atomic E-state index is 12.3. The highest BCUT2D eigenvalue weighted by atomic mass is 35.5. The number of carbonyl (C=O) groups excluding carboxylic acids is 1. The van der Waals surface area contributed by atoms with Crippen LogP contribution < -0.4 is 10.1 Å². The first kappa shape index (κ1) is 28.9. The van der Waals surface area contributed by atoms with E-state index in [9.17, 15) is 9.59 Å². The zero-order valence-corrected chi connectivity index (χ0v) is 23.5. The quantitative estimate of drug-likeness (QED) is 0.175. The molecule has 0 radical (unpaired) electrons. The molecule has 0 aliphatic rings. The van der Waals surface area contributed by atoms with E-state index in [2.05, 4.69) is 5.32 Å². The van der Waals surface area contributed by atoms with Gasteiger partial charge in [0.1, 0.15) is 18.1 Å². The Morgan fingerprint density at radius 3 is 2.35 bits per heavy atom. The molecule has 0 aliphatic carbocycles. The van der Waals surface area contributed by atoms with Crippen LogP contribution in [-0.2, 0) is 16.1 Å². The fraction of sp³-hybridized carbons (Fsp3) is 0.194. The Morgan fingerprint density at radius 2 is 1.70 bits per heavy atom. The number of ether oxygens (including phenoxy) is 1. The molecule has 3 aromatic carbocycles. The number of aromatic nitrogens is 2. The van der Waals surface area contributed by atoms with Gasteiger partial charge in [-0.3, -0.25) is 9.59 Å². The third kappa shape index (κ3) is 7.97. The second-order valence-electron chi connectivity index (χ2n) is 9.02. The minimum Gasteiger partial charge on any atom is -0.494 e. The minimum atomic E-state index is -0.825. The molecule has 0 bridgehead atoms. The van der Waals surface area contributed by atoms with E-state index in [-0.39, 0.29) is 18.9 Å². The molecule has 0 saturated heterocycles. The largest absolute Gasteiger partial charge is 0.494 e. The van der Waals surface area contributed by atoms with Crippen LogP contribution in [0.1, 0.15) is 31.2 Å². The lowest BCUT2D eigenvalue weighted by Crippen LogP contribution is -2.27. The number of halogens is 2. The van der Waals surface area contributed by atoms with E-state index < -0.39 is 5.97 Å². The highest BCUT2D eigenvalue weighted by molar-refractivity contribution is 6.36. The van der Waals surface area contributed by atoms with Gasteiger partial charge in [-0.25, -0.2) is 4.98 Å². The Morgan fingerprint density at radius 1 is 1.00 bits per heavy atom. The summed E-state index contributed by atoms with van der Waals surface area (Å²) in [6, 6.07) is 21.0. The van der Waals surface area contributed by atoms with Crippen LogP contribution in [0.5, 0.6) is 5.75 Å². The van der Waals surface area contributed by atoms with E-state index in [0.29, 0.717) is 46.9 Å². The number of imidazole rings is 1. The van der Waals surface area contributed by atoms with Crippen molar-refractivity contribution in [3.05, 3.63) is 94.4 Å². The number of nitrogens with one attached hydrogen (secondary N) is 1. The molecule has 0 fully saturated rings. The van der Waals surface area contributed by atoms with Crippen molar-refractivity contribution in [3.63, 3.8) is 0 Å². The average molecular weight is 578 g/mol. The van der Waals surface area contributed by atoms with E-state index in [1.807, 2.05) is 79.9 Å².